The van der Waals surface area contributed by atoms with Crippen LogP contribution in [-0.4, -0.2) is 41.2 Å². The van der Waals surface area contributed by atoms with Crippen LogP contribution in [0.3, 0.4) is 0 Å². The number of sulfonamides is 1. The number of amides is 1. The third-order valence-electron chi connectivity index (χ3n) is 5.88. The fourth-order valence-electron chi connectivity index (χ4n) is 4.02. The average Bonchev–Trinajstić information content (AvgIpc) is 3.38. The monoisotopic (exact) mass is 532 g/mol. The van der Waals surface area contributed by atoms with Crippen molar-refractivity contribution in [2.75, 3.05) is 6.54 Å². The molecule has 0 aliphatic carbocycles. The van der Waals surface area contributed by atoms with Gasteiger partial charge in [0.25, 0.3) is 0 Å². The van der Waals surface area contributed by atoms with Crippen molar-refractivity contribution < 1.29 is 30.8 Å². The number of hydrogen-bond donors (Lipinski definition) is 1. The summed E-state index contributed by atoms with van der Waals surface area (Å²) in [7, 11) is -4.02. The lowest BCUT2D eigenvalue weighted by Crippen LogP contribution is -2.45. The zero-order valence-corrected chi connectivity index (χ0v) is 20.0. The number of carbonyl (C=O) groups excluding carboxylic acids is 1. The molecule has 1 unspecified atom stereocenters. The molecule has 0 spiro atoms. The second-order valence-corrected chi connectivity index (χ2v) is 10.1. The summed E-state index contributed by atoms with van der Waals surface area (Å²) >= 11 is 0. The van der Waals surface area contributed by atoms with Crippen molar-refractivity contribution in [3.05, 3.63) is 77.6 Å². The van der Waals surface area contributed by atoms with E-state index in [-0.39, 0.29) is 18.0 Å². The molecule has 2 aromatic carbocycles. The lowest BCUT2D eigenvalue weighted by molar-refractivity contribution is -0.145. The quantitative estimate of drug-likeness (QED) is 0.386. The Morgan fingerprint density at radius 1 is 1.11 bits per heavy atom. The van der Waals surface area contributed by atoms with E-state index in [0.717, 1.165) is 41.0 Å². The first kappa shape index (κ1) is 26.2. The molecule has 1 atom stereocenters. The van der Waals surface area contributed by atoms with E-state index < -0.39 is 39.8 Å². The maximum absolute atomic E-state index is 13.2. The molecule has 0 saturated carbocycles. The lowest BCUT2D eigenvalue weighted by Gasteiger charge is -2.23. The topological polar surface area (TPSA) is 92.3 Å². The Bertz CT molecular complexity index is 1450. The van der Waals surface area contributed by atoms with Gasteiger partial charge in [-0.15, -0.1) is 6.42 Å². The summed E-state index contributed by atoms with van der Waals surface area (Å²) in [4.78, 5) is 19.6. The molecule has 1 N–H and O–H groups in total. The molecule has 37 heavy (non-hydrogen) atoms. The van der Waals surface area contributed by atoms with Crippen LogP contribution in [0.1, 0.15) is 29.8 Å². The van der Waals surface area contributed by atoms with Crippen molar-refractivity contribution >= 4 is 15.9 Å². The van der Waals surface area contributed by atoms with Gasteiger partial charge in [0.05, 0.1) is 4.90 Å². The van der Waals surface area contributed by atoms with Crippen LogP contribution in [0.4, 0.5) is 17.6 Å². The summed E-state index contributed by atoms with van der Waals surface area (Å²) in [6.45, 7) is 0.0887. The second kappa shape index (κ2) is 10.3. The molecule has 1 aliphatic rings. The summed E-state index contributed by atoms with van der Waals surface area (Å²) in [5.74, 6) is 0.112. The zero-order valence-electron chi connectivity index (χ0n) is 19.2. The minimum Gasteiger partial charge on any atom is -0.351 e. The van der Waals surface area contributed by atoms with Gasteiger partial charge in [-0.05, 0) is 60.4 Å². The summed E-state index contributed by atoms with van der Waals surface area (Å²) in [6.07, 6.45) is 3.75. The van der Waals surface area contributed by atoms with Crippen LogP contribution < -0.4 is 5.32 Å². The minimum atomic E-state index is -4.67. The SMILES string of the molecule is C#Cc1ccc(-c2cnc(C(F)(F)F)nc2)cc1CNC(=O)C1CCCN1S(=O)(=O)c1ccc(F)cc1. The second-order valence-electron chi connectivity index (χ2n) is 8.25. The molecule has 2 heterocycles. The molecule has 4 rings (SSSR count). The highest BCUT2D eigenvalue weighted by atomic mass is 32.2. The van der Waals surface area contributed by atoms with Crippen LogP contribution in [0, 0.1) is 18.2 Å². The van der Waals surface area contributed by atoms with Gasteiger partial charge in [-0.1, -0.05) is 12.0 Å². The first-order valence-electron chi connectivity index (χ1n) is 11.0. The predicted octanol–water partition coefficient (Wildman–Crippen LogP) is 3.75. The van der Waals surface area contributed by atoms with Crippen molar-refractivity contribution in [2.45, 2.75) is 36.5 Å². The third-order valence-corrected chi connectivity index (χ3v) is 7.80. The molecule has 1 aromatic heterocycles. The van der Waals surface area contributed by atoms with Gasteiger partial charge in [0.1, 0.15) is 11.9 Å². The van der Waals surface area contributed by atoms with Crippen molar-refractivity contribution in [1.29, 1.82) is 0 Å². The number of halogens is 4. The maximum atomic E-state index is 13.2. The number of carbonyl (C=O) groups is 1. The summed E-state index contributed by atoms with van der Waals surface area (Å²) in [5, 5.41) is 2.71. The third kappa shape index (κ3) is 5.63. The molecule has 7 nitrogen and oxygen atoms in total. The normalized spacial score (nSPS) is 16.4. The van der Waals surface area contributed by atoms with E-state index in [4.69, 9.17) is 6.42 Å². The van der Waals surface area contributed by atoms with Crippen LogP contribution in [0.2, 0.25) is 0 Å². The predicted molar refractivity (Wildman–Crippen MR) is 126 cm³/mol. The Morgan fingerprint density at radius 2 is 1.78 bits per heavy atom. The van der Waals surface area contributed by atoms with Crippen molar-refractivity contribution in [3.8, 4) is 23.5 Å². The van der Waals surface area contributed by atoms with E-state index in [2.05, 4.69) is 21.2 Å². The Morgan fingerprint density at radius 3 is 2.41 bits per heavy atom. The average molecular weight is 533 g/mol. The summed E-state index contributed by atoms with van der Waals surface area (Å²) in [5.41, 5.74) is 1.74. The molecule has 0 bridgehead atoms. The standard InChI is InChI=1S/C25H20F4N4O3S/c1-2-16-5-6-17(19-14-31-24(32-15-19)25(27,28)29)12-18(16)13-30-23(34)22-4-3-11-33(22)37(35,36)21-9-7-20(26)8-10-21/h1,5-10,12,14-15,22H,3-4,11,13H2,(H,30,34). The number of aromatic nitrogens is 2. The maximum Gasteiger partial charge on any atom is 0.451 e. The van der Waals surface area contributed by atoms with Crippen LogP contribution in [-0.2, 0) is 27.5 Å². The van der Waals surface area contributed by atoms with E-state index in [1.165, 1.54) is 0 Å². The van der Waals surface area contributed by atoms with Gasteiger partial charge < -0.3 is 5.32 Å². The van der Waals surface area contributed by atoms with Gasteiger partial charge in [-0.2, -0.15) is 17.5 Å². The van der Waals surface area contributed by atoms with E-state index in [0.29, 0.717) is 35.1 Å². The van der Waals surface area contributed by atoms with E-state index in [1.807, 2.05) is 0 Å². The van der Waals surface area contributed by atoms with Gasteiger partial charge in [0.15, 0.2) is 0 Å². The molecule has 192 valence electrons. The number of hydrogen-bond acceptors (Lipinski definition) is 5. The first-order valence-corrected chi connectivity index (χ1v) is 12.5. The van der Waals surface area contributed by atoms with Crippen molar-refractivity contribution in [1.82, 2.24) is 19.6 Å². The molecule has 3 aromatic rings. The highest BCUT2D eigenvalue weighted by molar-refractivity contribution is 7.89. The molecule has 0 radical (unpaired) electrons. The van der Waals surface area contributed by atoms with E-state index in [1.54, 1.807) is 18.2 Å². The Kier molecular flexibility index (Phi) is 7.29. The summed E-state index contributed by atoms with van der Waals surface area (Å²) in [6, 6.07) is 8.18. The molecular formula is C25H20F4N4O3S. The number of terminal acetylenes is 1. The minimum absolute atomic E-state index is 0.0470. The van der Waals surface area contributed by atoms with Gasteiger partial charge in [0, 0.05) is 36.6 Å². The van der Waals surface area contributed by atoms with Crippen LogP contribution in [0.25, 0.3) is 11.1 Å². The number of alkyl halides is 3. The number of nitrogens with one attached hydrogen (secondary N) is 1. The van der Waals surface area contributed by atoms with Crippen molar-refractivity contribution in [3.63, 3.8) is 0 Å². The smallest absolute Gasteiger partial charge is 0.351 e. The highest BCUT2D eigenvalue weighted by Crippen LogP contribution is 2.29. The van der Waals surface area contributed by atoms with E-state index >= 15 is 0 Å². The first-order chi connectivity index (χ1) is 17.5. The lowest BCUT2D eigenvalue weighted by atomic mass is 10.0. The van der Waals surface area contributed by atoms with Crippen LogP contribution in [0.15, 0.2) is 59.8 Å². The summed E-state index contributed by atoms with van der Waals surface area (Å²) < 4.78 is 78.7. The van der Waals surface area contributed by atoms with E-state index in [9.17, 15) is 30.8 Å². The molecule has 1 saturated heterocycles. The highest BCUT2D eigenvalue weighted by Gasteiger charge is 2.39. The molecule has 1 aliphatic heterocycles. The van der Waals surface area contributed by atoms with Gasteiger partial charge in [-0.3, -0.25) is 4.79 Å². The number of rotatable bonds is 6. The Balaban J connectivity index is 1.51. The van der Waals surface area contributed by atoms with Gasteiger partial charge in [-0.25, -0.2) is 22.8 Å². The molecule has 12 heteroatoms. The molecule has 1 fully saturated rings. The number of benzene rings is 2. The Hall–Kier alpha value is -3.82. The largest absolute Gasteiger partial charge is 0.451 e. The fraction of sp³-hybridized carbons (Fsp3) is 0.240. The molecule has 1 amide bonds. The zero-order chi connectivity index (χ0) is 26.8. The number of nitrogens with zero attached hydrogens (tertiary/aromatic N) is 3. The van der Waals surface area contributed by atoms with Crippen LogP contribution in [0.5, 0.6) is 0 Å². The van der Waals surface area contributed by atoms with Gasteiger partial charge >= 0.3 is 6.18 Å². The van der Waals surface area contributed by atoms with Gasteiger partial charge in [0.2, 0.25) is 21.8 Å². The van der Waals surface area contributed by atoms with Crippen LogP contribution >= 0.6 is 0 Å². The Labute approximate surface area is 210 Å². The van der Waals surface area contributed by atoms with Crippen molar-refractivity contribution in [2.24, 2.45) is 0 Å². The molecular weight excluding hydrogens is 512 g/mol. The fourth-order valence-corrected chi connectivity index (χ4v) is 5.67.